The number of amides is 1. The van der Waals surface area contributed by atoms with Crippen molar-refractivity contribution in [1.29, 1.82) is 0 Å². The molecule has 2 aromatic rings. The minimum atomic E-state index is -0.223. The van der Waals surface area contributed by atoms with Gasteiger partial charge in [-0.25, -0.2) is 0 Å². The summed E-state index contributed by atoms with van der Waals surface area (Å²) in [6, 6.07) is 18.6. The summed E-state index contributed by atoms with van der Waals surface area (Å²) in [6.07, 6.45) is 0.933. The summed E-state index contributed by atoms with van der Waals surface area (Å²) in [5, 5.41) is 3.43. The molecule has 0 bridgehead atoms. The Hall–Kier alpha value is -2.13. The summed E-state index contributed by atoms with van der Waals surface area (Å²) in [6.45, 7) is 6.17. The van der Waals surface area contributed by atoms with Crippen LogP contribution in [0.2, 0.25) is 0 Å². The second kappa shape index (κ2) is 6.55. The minimum absolute atomic E-state index is 0.142. The van der Waals surface area contributed by atoms with Gasteiger partial charge in [-0.2, -0.15) is 0 Å². The van der Waals surface area contributed by atoms with E-state index in [2.05, 4.69) is 37.4 Å². The first kappa shape index (κ1) is 15.8. The predicted molar refractivity (Wildman–Crippen MR) is 94.5 cm³/mol. The maximum Gasteiger partial charge on any atom is 0.244 e. The van der Waals surface area contributed by atoms with Crippen LogP contribution in [0.3, 0.4) is 0 Å². The van der Waals surface area contributed by atoms with Gasteiger partial charge in [-0.3, -0.25) is 10.1 Å². The Balaban J connectivity index is 1.73. The molecule has 0 aliphatic carbocycles. The van der Waals surface area contributed by atoms with Crippen LogP contribution in [-0.4, -0.2) is 18.0 Å². The molecule has 23 heavy (non-hydrogen) atoms. The van der Waals surface area contributed by atoms with Crippen molar-refractivity contribution in [3.8, 4) is 0 Å². The average molecular weight is 308 g/mol. The number of anilines is 1. The molecule has 1 aliphatic rings. The summed E-state index contributed by atoms with van der Waals surface area (Å²) in [4.78, 5) is 14.9. The Kier molecular flexibility index (Phi) is 4.49. The molecule has 3 heteroatoms. The van der Waals surface area contributed by atoms with Crippen LogP contribution in [0, 0.1) is 0 Å². The number of hydrogen-bond acceptors (Lipinski definition) is 2. The first-order valence-corrected chi connectivity index (χ1v) is 8.30. The highest BCUT2D eigenvalue weighted by Crippen LogP contribution is 2.32. The first-order chi connectivity index (χ1) is 11.1. The molecular formula is C20H24N2O. The number of benzene rings is 2. The number of nitrogens with one attached hydrogen (secondary N) is 1. The third-order valence-electron chi connectivity index (χ3n) is 4.61. The zero-order valence-corrected chi connectivity index (χ0v) is 14.0. The van der Waals surface area contributed by atoms with Crippen LogP contribution in [0.15, 0.2) is 54.6 Å². The van der Waals surface area contributed by atoms with Gasteiger partial charge in [0.1, 0.15) is 0 Å². The molecule has 0 radical (unpaired) electrons. The zero-order chi connectivity index (χ0) is 16.4. The third-order valence-corrected chi connectivity index (χ3v) is 4.61. The van der Waals surface area contributed by atoms with Crippen LogP contribution in [0.4, 0.5) is 5.69 Å². The summed E-state index contributed by atoms with van der Waals surface area (Å²) in [5.74, 6) is 0.144. The Labute approximate surface area is 138 Å². The number of para-hydroxylation sites is 1. The van der Waals surface area contributed by atoms with E-state index < -0.39 is 0 Å². The normalized spacial score (nSPS) is 19.3. The second-order valence-electron chi connectivity index (χ2n) is 6.41. The quantitative estimate of drug-likeness (QED) is 0.934. The zero-order valence-electron chi connectivity index (χ0n) is 14.0. The highest BCUT2D eigenvalue weighted by Gasteiger charge is 2.33. The number of hydrogen-bond donors (Lipinski definition) is 1. The van der Waals surface area contributed by atoms with Gasteiger partial charge in [0.25, 0.3) is 0 Å². The molecule has 3 nitrogen and oxygen atoms in total. The van der Waals surface area contributed by atoms with Gasteiger partial charge in [-0.05, 0) is 44.4 Å². The van der Waals surface area contributed by atoms with E-state index in [9.17, 15) is 4.79 Å². The summed E-state index contributed by atoms with van der Waals surface area (Å²) in [5.41, 5.74) is 3.52. The smallest absolute Gasteiger partial charge is 0.244 e. The number of fused-ring (bicyclic) bond motifs is 1. The lowest BCUT2D eigenvalue weighted by atomic mass is 10.1. The fourth-order valence-corrected chi connectivity index (χ4v) is 3.39. The molecule has 1 amide bonds. The lowest BCUT2D eigenvalue weighted by molar-refractivity contribution is -0.120. The van der Waals surface area contributed by atoms with E-state index in [1.54, 1.807) is 0 Å². The minimum Gasteiger partial charge on any atom is -0.308 e. The molecule has 3 rings (SSSR count). The maximum atomic E-state index is 12.9. The standard InChI is InChI=1S/C20H24N2O/c1-14-13-18-11-7-8-12-19(18)22(14)20(23)16(3)21-15(2)17-9-5-4-6-10-17/h4-12,14-16,21H,13H2,1-3H3/t14-,15-,16-/m0/s1. The van der Waals surface area contributed by atoms with E-state index >= 15 is 0 Å². The SMILES string of the molecule is C[C@H](N[C@@H](C)c1ccccc1)C(=O)N1c2ccccc2C[C@@H]1C. The van der Waals surface area contributed by atoms with Crippen molar-refractivity contribution in [3.63, 3.8) is 0 Å². The van der Waals surface area contributed by atoms with Crippen LogP contribution in [0.1, 0.15) is 37.9 Å². The summed E-state index contributed by atoms with van der Waals surface area (Å²) < 4.78 is 0. The van der Waals surface area contributed by atoms with Crippen LogP contribution in [0.25, 0.3) is 0 Å². The van der Waals surface area contributed by atoms with Crippen molar-refractivity contribution in [2.24, 2.45) is 0 Å². The van der Waals surface area contributed by atoms with Crippen LogP contribution >= 0.6 is 0 Å². The molecule has 120 valence electrons. The fraction of sp³-hybridized carbons (Fsp3) is 0.350. The van der Waals surface area contributed by atoms with Gasteiger partial charge in [0.05, 0.1) is 6.04 Å². The average Bonchev–Trinajstić information content (AvgIpc) is 2.90. The number of rotatable bonds is 4. The molecule has 1 aliphatic heterocycles. The lowest BCUT2D eigenvalue weighted by Gasteiger charge is -2.28. The van der Waals surface area contributed by atoms with Crippen molar-refractivity contribution in [1.82, 2.24) is 5.32 Å². The van der Waals surface area contributed by atoms with Gasteiger partial charge in [0, 0.05) is 17.8 Å². The Morgan fingerprint density at radius 3 is 2.48 bits per heavy atom. The topological polar surface area (TPSA) is 32.3 Å². The number of carbonyl (C=O) groups is 1. The van der Waals surface area contributed by atoms with E-state index in [1.165, 1.54) is 11.1 Å². The van der Waals surface area contributed by atoms with E-state index in [4.69, 9.17) is 0 Å². The van der Waals surface area contributed by atoms with Gasteiger partial charge >= 0.3 is 0 Å². The van der Waals surface area contributed by atoms with Crippen molar-refractivity contribution < 1.29 is 4.79 Å². The molecule has 0 spiro atoms. The predicted octanol–water partition coefficient (Wildman–Crippen LogP) is 3.70. The third kappa shape index (κ3) is 3.15. The molecule has 0 saturated heterocycles. The van der Waals surface area contributed by atoms with Gasteiger partial charge in [-0.15, -0.1) is 0 Å². The molecule has 0 aromatic heterocycles. The van der Waals surface area contributed by atoms with E-state index in [-0.39, 0.29) is 24.0 Å². The van der Waals surface area contributed by atoms with Crippen LogP contribution < -0.4 is 10.2 Å². The van der Waals surface area contributed by atoms with Crippen LogP contribution in [0.5, 0.6) is 0 Å². The molecular weight excluding hydrogens is 284 g/mol. The molecule has 0 saturated carbocycles. The molecule has 0 fully saturated rings. The Bertz CT molecular complexity index is 683. The molecule has 3 atom stereocenters. The van der Waals surface area contributed by atoms with Gasteiger partial charge < -0.3 is 4.90 Å². The van der Waals surface area contributed by atoms with E-state index in [0.717, 1.165) is 12.1 Å². The fourth-order valence-electron chi connectivity index (χ4n) is 3.39. The summed E-state index contributed by atoms with van der Waals surface area (Å²) in [7, 11) is 0. The van der Waals surface area contributed by atoms with Crippen LogP contribution in [-0.2, 0) is 11.2 Å². The van der Waals surface area contributed by atoms with E-state index in [1.807, 2.05) is 48.2 Å². The van der Waals surface area contributed by atoms with Crippen molar-refractivity contribution in [2.45, 2.75) is 45.3 Å². The lowest BCUT2D eigenvalue weighted by Crippen LogP contribution is -2.47. The molecule has 1 heterocycles. The first-order valence-electron chi connectivity index (χ1n) is 8.30. The molecule has 1 N–H and O–H groups in total. The van der Waals surface area contributed by atoms with Gasteiger partial charge in [0.15, 0.2) is 0 Å². The summed E-state index contributed by atoms with van der Waals surface area (Å²) >= 11 is 0. The van der Waals surface area contributed by atoms with Crippen molar-refractivity contribution in [3.05, 3.63) is 65.7 Å². The van der Waals surface area contributed by atoms with Crippen molar-refractivity contribution in [2.75, 3.05) is 4.90 Å². The number of nitrogens with zero attached hydrogens (tertiary/aromatic N) is 1. The van der Waals surface area contributed by atoms with E-state index in [0.29, 0.717) is 0 Å². The van der Waals surface area contributed by atoms with Crippen molar-refractivity contribution >= 4 is 11.6 Å². The largest absolute Gasteiger partial charge is 0.308 e. The van der Waals surface area contributed by atoms with Gasteiger partial charge in [0.2, 0.25) is 5.91 Å². The Morgan fingerprint density at radius 1 is 1.09 bits per heavy atom. The number of carbonyl (C=O) groups excluding carboxylic acids is 1. The highest BCUT2D eigenvalue weighted by molar-refractivity contribution is 5.99. The maximum absolute atomic E-state index is 12.9. The molecule has 0 unspecified atom stereocenters. The van der Waals surface area contributed by atoms with Gasteiger partial charge in [-0.1, -0.05) is 48.5 Å². The highest BCUT2D eigenvalue weighted by atomic mass is 16.2. The Morgan fingerprint density at radius 2 is 1.74 bits per heavy atom. The molecule has 2 aromatic carbocycles. The monoisotopic (exact) mass is 308 g/mol. The second-order valence-corrected chi connectivity index (χ2v) is 6.41.